The molecule has 1 unspecified atom stereocenters. The van der Waals surface area contributed by atoms with Crippen molar-refractivity contribution in [2.45, 2.75) is 35.8 Å². The fourth-order valence-corrected chi connectivity index (χ4v) is 5.03. The third-order valence-electron chi connectivity index (χ3n) is 4.86. The van der Waals surface area contributed by atoms with Gasteiger partial charge >= 0.3 is 0 Å². The quantitative estimate of drug-likeness (QED) is 0.374. The number of aryl methyl sites for hydroxylation is 2. The van der Waals surface area contributed by atoms with Crippen molar-refractivity contribution in [2.75, 3.05) is 17.1 Å². The van der Waals surface area contributed by atoms with Crippen molar-refractivity contribution in [3.63, 3.8) is 0 Å². The topological polar surface area (TPSA) is 84.5 Å². The molecule has 0 saturated heterocycles. The number of hydrogen-bond acceptors (Lipinski definition) is 5. The number of rotatable bonds is 8. The Morgan fingerprint density at radius 1 is 1.03 bits per heavy atom. The molecule has 0 bridgehead atoms. The largest absolute Gasteiger partial charge is 0.495 e. The molecule has 174 valence electrons. The molecule has 0 aliphatic carbocycles. The fraction of sp³-hybridized carbons (Fsp3) is 0.208. The van der Waals surface area contributed by atoms with Crippen molar-refractivity contribution in [1.82, 2.24) is 0 Å². The van der Waals surface area contributed by atoms with Crippen LogP contribution in [0.4, 0.5) is 11.4 Å². The summed E-state index contributed by atoms with van der Waals surface area (Å²) >= 11 is 7.49. The minimum absolute atomic E-state index is 0.191. The lowest BCUT2D eigenvalue weighted by Crippen LogP contribution is -2.22. The number of halogens is 1. The summed E-state index contributed by atoms with van der Waals surface area (Å²) in [5.41, 5.74) is 2.81. The van der Waals surface area contributed by atoms with Gasteiger partial charge in [0.1, 0.15) is 5.75 Å². The van der Waals surface area contributed by atoms with E-state index in [9.17, 15) is 13.2 Å². The monoisotopic (exact) mass is 504 g/mol. The Balaban J connectivity index is 1.64. The van der Waals surface area contributed by atoms with Crippen LogP contribution in [0.5, 0.6) is 5.75 Å². The third-order valence-corrected chi connectivity index (χ3v) is 7.77. The first-order valence-electron chi connectivity index (χ1n) is 10.1. The van der Waals surface area contributed by atoms with Gasteiger partial charge in [-0.05, 0) is 68.8 Å². The second kappa shape index (κ2) is 10.5. The maximum absolute atomic E-state index is 12.7. The normalized spacial score (nSPS) is 12.2. The molecule has 1 atom stereocenters. The zero-order chi connectivity index (χ0) is 24.2. The summed E-state index contributed by atoms with van der Waals surface area (Å²) in [5.74, 6) is 0.297. The number of anilines is 2. The van der Waals surface area contributed by atoms with Crippen LogP contribution in [0.25, 0.3) is 0 Å². The molecule has 0 heterocycles. The second-order valence-electron chi connectivity index (χ2n) is 7.49. The van der Waals surface area contributed by atoms with Gasteiger partial charge in [-0.25, -0.2) is 8.42 Å². The molecule has 0 saturated carbocycles. The van der Waals surface area contributed by atoms with Crippen molar-refractivity contribution in [2.24, 2.45) is 0 Å². The predicted octanol–water partition coefficient (Wildman–Crippen LogP) is 5.89. The standard InChI is InChI=1S/C24H25ClN2O4S2/c1-15-5-11-20(12-6-15)33(29,30)27-18-7-9-19(10-8-18)32-17(3)24(28)26-22-13-16(2)21(25)14-23(22)31-4/h5-14,17,27H,1-4H3,(H,26,28). The Bertz CT molecular complexity index is 1240. The molecule has 0 aromatic heterocycles. The fourth-order valence-electron chi connectivity index (χ4n) is 2.95. The van der Waals surface area contributed by atoms with Crippen molar-refractivity contribution < 1.29 is 17.9 Å². The van der Waals surface area contributed by atoms with Gasteiger partial charge in [-0.15, -0.1) is 11.8 Å². The van der Waals surface area contributed by atoms with Crippen LogP contribution < -0.4 is 14.8 Å². The average molecular weight is 505 g/mol. The Kier molecular flexibility index (Phi) is 7.94. The van der Waals surface area contributed by atoms with Gasteiger partial charge in [0, 0.05) is 21.7 Å². The molecule has 3 rings (SSSR count). The summed E-state index contributed by atoms with van der Waals surface area (Å²) in [6.45, 7) is 5.54. The highest BCUT2D eigenvalue weighted by Crippen LogP contribution is 2.32. The molecule has 0 aliphatic rings. The number of hydrogen-bond donors (Lipinski definition) is 2. The van der Waals surface area contributed by atoms with E-state index < -0.39 is 15.3 Å². The van der Waals surface area contributed by atoms with Crippen LogP contribution in [0.1, 0.15) is 18.1 Å². The molecule has 2 N–H and O–H groups in total. The Morgan fingerprint density at radius 3 is 2.27 bits per heavy atom. The third kappa shape index (κ3) is 6.43. The van der Waals surface area contributed by atoms with Crippen LogP contribution in [0.3, 0.4) is 0 Å². The van der Waals surface area contributed by atoms with Crippen molar-refractivity contribution in [3.8, 4) is 5.75 Å². The zero-order valence-electron chi connectivity index (χ0n) is 18.7. The smallest absolute Gasteiger partial charge is 0.261 e. The molecule has 0 radical (unpaired) electrons. The number of carbonyl (C=O) groups excluding carboxylic acids is 1. The first-order valence-corrected chi connectivity index (χ1v) is 12.8. The lowest BCUT2D eigenvalue weighted by Gasteiger charge is -2.16. The van der Waals surface area contributed by atoms with Gasteiger partial charge in [0.05, 0.1) is 22.9 Å². The minimum atomic E-state index is -3.67. The van der Waals surface area contributed by atoms with E-state index in [-0.39, 0.29) is 10.8 Å². The first-order chi connectivity index (χ1) is 15.6. The highest BCUT2D eigenvalue weighted by molar-refractivity contribution is 8.00. The summed E-state index contributed by atoms with van der Waals surface area (Å²) in [7, 11) is -2.15. The molecule has 0 fully saturated rings. The Labute approximate surface area is 203 Å². The van der Waals surface area contributed by atoms with Crippen molar-refractivity contribution >= 4 is 50.7 Å². The van der Waals surface area contributed by atoms with Gasteiger partial charge in [0.15, 0.2) is 0 Å². The summed E-state index contributed by atoms with van der Waals surface area (Å²) in [6, 6.07) is 17.0. The molecule has 1 amide bonds. The highest BCUT2D eigenvalue weighted by Gasteiger charge is 2.18. The van der Waals surface area contributed by atoms with Crippen LogP contribution in [0, 0.1) is 13.8 Å². The Hall–Kier alpha value is -2.68. The van der Waals surface area contributed by atoms with E-state index in [4.69, 9.17) is 16.3 Å². The number of carbonyl (C=O) groups is 1. The summed E-state index contributed by atoms with van der Waals surface area (Å²) in [6.07, 6.45) is 0. The molecule has 0 spiro atoms. The molecular weight excluding hydrogens is 480 g/mol. The molecule has 6 nitrogen and oxygen atoms in total. The zero-order valence-corrected chi connectivity index (χ0v) is 21.1. The van der Waals surface area contributed by atoms with Gasteiger partial charge in [-0.3, -0.25) is 9.52 Å². The number of nitrogens with one attached hydrogen (secondary N) is 2. The lowest BCUT2D eigenvalue weighted by molar-refractivity contribution is -0.115. The highest BCUT2D eigenvalue weighted by atomic mass is 35.5. The Morgan fingerprint density at radius 2 is 1.67 bits per heavy atom. The van der Waals surface area contributed by atoms with E-state index in [1.807, 2.05) is 13.8 Å². The van der Waals surface area contributed by atoms with E-state index in [0.29, 0.717) is 22.1 Å². The number of methoxy groups -OCH3 is 1. The maximum atomic E-state index is 12.7. The van der Waals surface area contributed by atoms with Gasteiger partial charge < -0.3 is 10.1 Å². The predicted molar refractivity (Wildman–Crippen MR) is 135 cm³/mol. The van der Waals surface area contributed by atoms with Gasteiger partial charge in [0.2, 0.25) is 5.91 Å². The van der Waals surface area contributed by atoms with Crippen LogP contribution >= 0.6 is 23.4 Å². The van der Waals surface area contributed by atoms with E-state index in [2.05, 4.69) is 10.0 Å². The summed E-state index contributed by atoms with van der Waals surface area (Å²) in [5, 5.41) is 3.04. The molecule has 9 heteroatoms. The maximum Gasteiger partial charge on any atom is 0.261 e. The summed E-state index contributed by atoms with van der Waals surface area (Å²) < 4.78 is 33.0. The summed E-state index contributed by atoms with van der Waals surface area (Å²) in [4.78, 5) is 13.7. The van der Waals surface area contributed by atoms with E-state index >= 15 is 0 Å². The molecule has 0 aliphatic heterocycles. The molecule has 3 aromatic rings. The number of thioether (sulfide) groups is 1. The number of benzene rings is 3. The average Bonchev–Trinajstić information content (AvgIpc) is 2.77. The van der Waals surface area contributed by atoms with Crippen LogP contribution in [0.15, 0.2) is 70.5 Å². The van der Waals surface area contributed by atoms with Crippen LogP contribution in [-0.4, -0.2) is 26.7 Å². The van der Waals surface area contributed by atoms with Crippen molar-refractivity contribution in [1.29, 1.82) is 0 Å². The second-order valence-corrected chi connectivity index (χ2v) is 11.0. The van der Waals surface area contributed by atoms with E-state index in [1.54, 1.807) is 67.6 Å². The molecule has 3 aromatic carbocycles. The van der Waals surface area contributed by atoms with Gasteiger partial charge in [-0.2, -0.15) is 0 Å². The lowest BCUT2D eigenvalue weighted by atomic mass is 10.2. The molecular formula is C24H25ClN2O4S2. The molecule has 33 heavy (non-hydrogen) atoms. The first kappa shape index (κ1) is 25.0. The SMILES string of the molecule is COc1cc(Cl)c(C)cc1NC(=O)C(C)Sc1ccc(NS(=O)(=O)c2ccc(C)cc2)cc1. The van der Waals surface area contributed by atoms with Crippen LogP contribution in [0.2, 0.25) is 5.02 Å². The number of ether oxygens (including phenoxy) is 1. The van der Waals surface area contributed by atoms with Crippen molar-refractivity contribution in [3.05, 3.63) is 76.8 Å². The van der Waals surface area contributed by atoms with Gasteiger partial charge in [0.25, 0.3) is 10.0 Å². The number of sulfonamides is 1. The van der Waals surface area contributed by atoms with E-state index in [0.717, 1.165) is 16.0 Å². The minimum Gasteiger partial charge on any atom is -0.495 e. The number of amides is 1. The van der Waals surface area contributed by atoms with E-state index in [1.165, 1.54) is 18.9 Å². The van der Waals surface area contributed by atoms with Crippen LogP contribution in [-0.2, 0) is 14.8 Å². The van der Waals surface area contributed by atoms with Gasteiger partial charge in [-0.1, -0.05) is 29.3 Å².